The standard InChI is InChI=1S/C34H34N2O4/c1-21(2)25-19-26-32(34(39)36(33(26)38)24-11-4-3-5-12-24)27-20-40-30(31(25)27)16-15-22(28-13-8-9-17-35-28)18-23-10-6-7-14-29(23)37/h3-14,17-18,21,26-27,30,32,37H,15-16,19-20H2,1-2H3/b22-18-/t26-,27+,30-,32-/m1/s1. The summed E-state index contributed by atoms with van der Waals surface area (Å²) < 4.78 is 6.44. The lowest BCUT2D eigenvalue weighted by molar-refractivity contribution is -0.122. The molecule has 6 rings (SSSR count). The van der Waals surface area contributed by atoms with E-state index in [1.54, 1.807) is 12.3 Å². The Balaban J connectivity index is 1.30. The fourth-order valence-corrected chi connectivity index (χ4v) is 6.70. The summed E-state index contributed by atoms with van der Waals surface area (Å²) in [5, 5.41) is 10.4. The van der Waals surface area contributed by atoms with Gasteiger partial charge in [-0.15, -0.1) is 0 Å². The number of allylic oxidation sites excluding steroid dienone is 2. The van der Waals surface area contributed by atoms with Gasteiger partial charge in [-0.05, 0) is 72.7 Å². The van der Waals surface area contributed by atoms with Crippen LogP contribution in [0.3, 0.4) is 0 Å². The molecule has 1 aromatic heterocycles. The number of amides is 2. The van der Waals surface area contributed by atoms with Crippen LogP contribution in [0.15, 0.2) is 90.1 Å². The molecule has 0 radical (unpaired) electrons. The Bertz CT molecular complexity index is 1480. The zero-order valence-corrected chi connectivity index (χ0v) is 22.9. The van der Waals surface area contributed by atoms with Gasteiger partial charge in [-0.1, -0.05) is 61.9 Å². The Labute approximate surface area is 235 Å². The maximum Gasteiger partial charge on any atom is 0.238 e. The van der Waals surface area contributed by atoms with E-state index in [0.717, 1.165) is 23.3 Å². The predicted molar refractivity (Wildman–Crippen MR) is 155 cm³/mol. The topological polar surface area (TPSA) is 79.7 Å². The summed E-state index contributed by atoms with van der Waals surface area (Å²) in [6, 6.07) is 22.4. The first-order valence-corrected chi connectivity index (χ1v) is 14.1. The van der Waals surface area contributed by atoms with Crippen LogP contribution in [0.4, 0.5) is 5.69 Å². The Morgan fingerprint density at radius 1 is 1.00 bits per heavy atom. The van der Waals surface area contributed by atoms with Crippen LogP contribution < -0.4 is 4.90 Å². The van der Waals surface area contributed by atoms with Crippen molar-refractivity contribution < 1.29 is 19.4 Å². The average molecular weight is 535 g/mol. The highest BCUT2D eigenvalue weighted by Crippen LogP contribution is 2.52. The zero-order valence-electron chi connectivity index (χ0n) is 22.9. The number of phenols is 1. The molecule has 2 aliphatic heterocycles. The molecule has 3 aromatic rings. The molecule has 1 aliphatic carbocycles. The first-order valence-electron chi connectivity index (χ1n) is 14.1. The van der Waals surface area contributed by atoms with Crippen molar-refractivity contribution in [1.82, 2.24) is 4.98 Å². The molecule has 2 amide bonds. The van der Waals surface area contributed by atoms with Gasteiger partial charge < -0.3 is 9.84 Å². The van der Waals surface area contributed by atoms with Gasteiger partial charge in [0.25, 0.3) is 0 Å². The van der Waals surface area contributed by atoms with Gasteiger partial charge in [-0.3, -0.25) is 19.5 Å². The molecule has 6 nitrogen and oxygen atoms in total. The fourth-order valence-electron chi connectivity index (χ4n) is 6.70. The minimum Gasteiger partial charge on any atom is -0.507 e. The van der Waals surface area contributed by atoms with Crippen LogP contribution in [-0.2, 0) is 14.3 Å². The molecule has 0 bridgehead atoms. The number of nitrogens with zero attached hydrogens (tertiary/aromatic N) is 2. The summed E-state index contributed by atoms with van der Waals surface area (Å²) in [5.74, 6) is -0.540. The van der Waals surface area contributed by atoms with Crippen molar-refractivity contribution in [1.29, 1.82) is 0 Å². The minimum absolute atomic E-state index is 0.0910. The largest absolute Gasteiger partial charge is 0.507 e. The van der Waals surface area contributed by atoms with Crippen LogP contribution in [0.5, 0.6) is 5.75 Å². The summed E-state index contributed by atoms with van der Waals surface area (Å²) in [7, 11) is 0. The number of carbonyl (C=O) groups is 2. The van der Waals surface area contributed by atoms with E-state index in [2.05, 4.69) is 18.8 Å². The average Bonchev–Trinajstić information content (AvgIpc) is 3.50. The van der Waals surface area contributed by atoms with E-state index in [1.165, 1.54) is 16.0 Å². The van der Waals surface area contributed by atoms with Gasteiger partial charge in [0, 0.05) is 17.7 Å². The Morgan fingerprint density at radius 2 is 1.75 bits per heavy atom. The molecule has 4 atom stereocenters. The number of ether oxygens (including phenoxy) is 1. The quantitative estimate of drug-likeness (QED) is 0.285. The van der Waals surface area contributed by atoms with E-state index in [-0.39, 0.29) is 47.3 Å². The fraction of sp³-hybridized carbons (Fsp3) is 0.324. The highest BCUT2D eigenvalue weighted by atomic mass is 16.5. The van der Waals surface area contributed by atoms with E-state index in [4.69, 9.17) is 4.74 Å². The van der Waals surface area contributed by atoms with Crippen molar-refractivity contribution in [3.63, 3.8) is 0 Å². The van der Waals surface area contributed by atoms with Crippen LogP contribution >= 0.6 is 0 Å². The monoisotopic (exact) mass is 534 g/mol. The van der Waals surface area contributed by atoms with Gasteiger partial charge >= 0.3 is 0 Å². The second kappa shape index (κ2) is 10.9. The third-order valence-corrected chi connectivity index (χ3v) is 8.59. The summed E-state index contributed by atoms with van der Waals surface area (Å²) >= 11 is 0. The summed E-state index contributed by atoms with van der Waals surface area (Å²) in [5.41, 5.74) is 5.73. The van der Waals surface area contributed by atoms with Gasteiger partial charge in [0.2, 0.25) is 11.8 Å². The molecule has 0 saturated carbocycles. The number of carbonyl (C=O) groups excluding carboxylic acids is 2. The number of hydrogen-bond donors (Lipinski definition) is 1. The Morgan fingerprint density at radius 3 is 2.48 bits per heavy atom. The molecule has 0 unspecified atom stereocenters. The molecule has 2 saturated heterocycles. The van der Waals surface area contributed by atoms with Gasteiger partial charge in [0.1, 0.15) is 5.75 Å². The van der Waals surface area contributed by atoms with Crippen LogP contribution in [-0.4, -0.2) is 34.6 Å². The maximum atomic E-state index is 13.7. The van der Waals surface area contributed by atoms with Crippen molar-refractivity contribution in [2.75, 3.05) is 11.5 Å². The second-order valence-corrected chi connectivity index (χ2v) is 11.2. The molecule has 40 heavy (non-hydrogen) atoms. The molecule has 3 heterocycles. The lowest BCUT2D eigenvalue weighted by Crippen LogP contribution is -2.35. The molecule has 2 aromatic carbocycles. The SMILES string of the molecule is CC(C)C1=C2[C@@H](CC/C(=C/c3ccccc3O)c3ccccn3)OC[C@@H]2[C@@H]2C(=O)N(c3ccccc3)C(=O)[C@@H]2C1. The first-order chi connectivity index (χ1) is 19.4. The summed E-state index contributed by atoms with van der Waals surface area (Å²) in [4.78, 5) is 33.3. The summed E-state index contributed by atoms with van der Waals surface area (Å²) in [6.07, 6.45) is 5.65. The number of fused-ring (bicyclic) bond motifs is 3. The van der Waals surface area contributed by atoms with Crippen molar-refractivity contribution in [2.45, 2.75) is 39.2 Å². The number of imide groups is 1. The van der Waals surface area contributed by atoms with Crippen LogP contribution in [0.2, 0.25) is 0 Å². The van der Waals surface area contributed by atoms with Crippen molar-refractivity contribution in [3.05, 3.63) is 101 Å². The number of aromatic hydroxyl groups is 1. The molecular formula is C34H34N2O4. The van der Waals surface area contributed by atoms with Crippen LogP contribution in [0.25, 0.3) is 11.6 Å². The molecule has 1 N–H and O–H groups in total. The van der Waals surface area contributed by atoms with E-state index in [9.17, 15) is 14.7 Å². The highest BCUT2D eigenvalue weighted by molar-refractivity contribution is 6.22. The number of para-hydroxylation sites is 2. The number of hydrogen-bond acceptors (Lipinski definition) is 5. The van der Waals surface area contributed by atoms with Crippen molar-refractivity contribution >= 4 is 29.2 Å². The normalized spacial score (nSPS) is 24.6. The zero-order chi connectivity index (χ0) is 27.8. The number of rotatable bonds is 7. The number of phenolic OH excluding ortho intramolecular Hbond substituents is 1. The van der Waals surface area contributed by atoms with Crippen LogP contribution in [0.1, 0.15) is 44.4 Å². The Kier molecular flexibility index (Phi) is 7.11. The van der Waals surface area contributed by atoms with Gasteiger partial charge in [0.15, 0.2) is 0 Å². The lowest BCUT2D eigenvalue weighted by atomic mass is 9.67. The number of pyridine rings is 1. The van der Waals surface area contributed by atoms with Gasteiger partial charge in [-0.2, -0.15) is 0 Å². The predicted octanol–water partition coefficient (Wildman–Crippen LogP) is 6.29. The molecular weight excluding hydrogens is 500 g/mol. The Hall–Kier alpha value is -4.03. The molecule has 2 fully saturated rings. The maximum absolute atomic E-state index is 13.7. The van der Waals surface area contributed by atoms with E-state index < -0.39 is 0 Å². The van der Waals surface area contributed by atoms with Gasteiger partial charge in [-0.25, -0.2) is 0 Å². The van der Waals surface area contributed by atoms with E-state index in [0.29, 0.717) is 25.1 Å². The minimum atomic E-state index is -0.387. The van der Waals surface area contributed by atoms with Crippen molar-refractivity contribution in [2.24, 2.45) is 23.7 Å². The molecule has 204 valence electrons. The first kappa shape index (κ1) is 26.2. The number of aromatic nitrogens is 1. The lowest BCUT2D eigenvalue weighted by Gasteiger charge is -2.33. The third-order valence-electron chi connectivity index (χ3n) is 8.59. The molecule has 0 spiro atoms. The second-order valence-electron chi connectivity index (χ2n) is 11.2. The van der Waals surface area contributed by atoms with Crippen LogP contribution in [0, 0.1) is 23.7 Å². The highest BCUT2D eigenvalue weighted by Gasteiger charge is 2.57. The smallest absolute Gasteiger partial charge is 0.238 e. The summed E-state index contributed by atoms with van der Waals surface area (Å²) in [6.45, 7) is 4.78. The van der Waals surface area contributed by atoms with Gasteiger partial charge in [0.05, 0.1) is 35.9 Å². The van der Waals surface area contributed by atoms with E-state index >= 15 is 0 Å². The molecule has 3 aliphatic rings. The third kappa shape index (κ3) is 4.66. The number of benzene rings is 2. The molecule has 6 heteroatoms. The van der Waals surface area contributed by atoms with E-state index in [1.807, 2.05) is 72.8 Å². The number of anilines is 1. The van der Waals surface area contributed by atoms with Crippen molar-refractivity contribution in [3.8, 4) is 5.75 Å².